The predicted octanol–water partition coefficient (Wildman–Crippen LogP) is 10.3. The molecule has 1 amide bonds. The molecule has 2 aromatic heterocycles. The summed E-state index contributed by atoms with van der Waals surface area (Å²) in [6, 6.07) is 50.6. The minimum atomic E-state index is -0.492. The molecule has 1 atom stereocenters. The number of carbonyl (C=O) groups excluding carboxylic acids is 1. The van der Waals surface area contributed by atoms with Gasteiger partial charge in [0.1, 0.15) is 60.9 Å². The first kappa shape index (κ1) is 40.1. The average molecular weight is 778 g/mol. The van der Waals surface area contributed by atoms with Gasteiger partial charge in [0.15, 0.2) is 0 Å². The summed E-state index contributed by atoms with van der Waals surface area (Å²) >= 11 is 0. The lowest BCUT2D eigenvalue weighted by Crippen LogP contribution is -2.37. The number of alkyl carbamates (subject to hydrolysis) is 1. The molecule has 0 aliphatic rings. The Labute approximate surface area is 337 Å². The Morgan fingerprint density at radius 2 is 0.948 bits per heavy atom. The molecule has 5 aromatic carbocycles. The van der Waals surface area contributed by atoms with E-state index in [1.807, 2.05) is 146 Å². The summed E-state index contributed by atoms with van der Waals surface area (Å²) in [6.45, 7) is 3.36. The molecule has 0 aliphatic carbocycles. The molecule has 294 valence electrons. The Morgan fingerprint density at radius 3 is 1.40 bits per heavy atom. The van der Waals surface area contributed by atoms with Gasteiger partial charge in [0, 0.05) is 12.1 Å². The summed E-state index contributed by atoms with van der Waals surface area (Å²) in [5.74, 6) is 4.38. The number of nitrogens with one attached hydrogen (secondary N) is 1. The van der Waals surface area contributed by atoms with Crippen molar-refractivity contribution in [3.05, 3.63) is 193 Å². The van der Waals surface area contributed by atoms with E-state index in [0.29, 0.717) is 42.2 Å². The predicted molar refractivity (Wildman–Crippen MR) is 219 cm³/mol. The molecule has 0 spiro atoms. The van der Waals surface area contributed by atoms with Gasteiger partial charge in [-0.1, -0.05) is 91.0 Å². The zero-order chi connectivity index (χ0) is 40.2. The van der Waals surface area contributed by atoms with Crippen LogP contribution in [-0.2, 0) is 24.6 Å². The van der Waals surface area contributed by atoms with Crippen LogP contribution in [0, 0.1) is 0 Å². The average Bonchev–Trinajstić information content (AvgIpc) is 3.27. The molecule has 2 N–H and O–H groups in total. The van der Waals surface area contributed by atoms with Crippen molar-refractivity contribution in [1.29, 1.82) is 0 Å². The van der Waals surface area contributed by atoms with Crippen LogP contribution in [0.1, 0.15) is 23.6 Å². The number of rotatable bonds is 16. The van der Waals surface area contributed by atoms with Gasteiger partial charge in [0.2, 0.25) is 11.8 Å². The first-order valence-corrected chi connectivity index (χ1v) is 18.5. The van der Waals surface area contributed by atoms with Crippen LogP contribution in [-0.4, -0.2) is 33.8 Å². The fraction of sp³-hybridized carbons (Fsp3) is 0.128. The van der Waals surface area contributed by atoms with Gasteiger partial charge in [-0.05, 0) is 84.3 Å². The van der Waals surface area contributed by atoms with Crippen molar-refractivity contribution in [2.45, 2.75) is 32.8 Å². The summed E-state index contributed by atoms with van der Waals surface area (Å²) in [5.41, 5.74) is 3.16. The molecule has 11 heteroatoms. The second-order valence-corrected chi connectivity index (χ2v) is 12.8. The maximum absolute atomic E-state index is 12.0. The van der Waals surface area contributed by atoms with Crippen molar-refractivity contribution in [1.82, 2.24) is 15.3 Å². The Balaban J connectivity index is 0.000000220. The highest BCUT2D eigenvalue weighted by Crippen LogP contribution is 2.25. The molecule has 2 heterocycles. The van der Waals surface area contributed by atoms with E-state index >= 15 is 0 Å². The number of nitrogens with zero attached hydrogens (tertiary/aromatic N) is 2. The van der Waals surface area contributed by atoms with Crippen LogP contribution in [0.4, 0.5) is 4.79 Å². The molecule has 0 bridgehead atoms. The third-order valence-corrected chi connectivity index (χ3v) is 8.10. The van der Waals surface area contributed by atoms with Gasteiger partial charge in [-0.2, -0.15) is 0 Å². The first-order valence-electron chi connectivity index (χ1n) is 18.5. The van der Waals surface area contributed by atoms with Crippen molar-refractivity contribution in [3.63, 3.8) is 0 Å². The van der Waals surface area contributed by atoms with Gasteiger partial charge in [-0.15, -0.1) is 0 Å². The number of pyridine rings is 2. The van der Waals surface area contributed by atoms with Crippen molar-refractivity contribution >= 4 is 6.09 Å². The highest BCUT2D eigenvalue weighted by Gasteiger charge is 2.10. The van der Waals surface area contributed by atoms with Gasteiger partial charge in [0.25, 0.3) is 0 Å². The third-order valence-electron chi connectivity index (χ3n) is 8.10. The maximum atomic E-state index is 12.0. The topological polar surface area (TPSA) is 130 Å². The number of aromatic nitrogens is 2. The zero-order valence-electron chi connectivity index (χ0n) is 31.8. The summed E-state index contributed by atoms with van der Waals surface area (Å²) in [6.07, 6.45) is 2.42. The second-order valence-electron chi connectivity index (χ2n) is 12.8. The van der Waals surface area contributed by atoms with E-state index in [2.05, 4.69) is 15.3 Å². The zero-order valence-corrected chi connectivity index (χ0v) is 31.8. The molecular formula is C47H43N3O8. The highest BCUT2D eigenvalue weighted by atomic mass is 16.5. The molecule has 58 heavy (non-hydrogen) atoms. The number of carbonyl (C=O) groups is 1. The van der Waals surface area contributed by atoms with E-state index in [1.54, 1.807) is 24.4 Å². The minimum Gasteiger partial charge on any atom is -0.506 e. The van der Waals surface area contributed by atoms with Gasteiger partial charge < -0.3 is 38.8 Å². The monoisotopic (exact) mass is 777 g/mol. The lowest BCUT2D eigenvalue weighted by atomic mass is 10.2. The van der Waals surface area contributed by atoms with Crippen LogP contribution in [0.5, 0.6) is 46.3 Å². The number of benzene rings is 5. The van der Waals surface area contributed by atoms with Gasteiger partial charge in [0.05, 0.1) is 18.4 Å². The molecule has 0 saturated carbocycles. The second kappa shape index (κ2) is 21.5. The number of amides is 1. The summed E-state index contributed by atoms with van der Waals surface area (Å²) < 4.78 is 33.8. The minimum absolute atomic E-state index is 0.108. The van der Waals surface area contributed by atoms with Gasteiger partial charge >= 0.3 is 6.09 Å². The number of aromatic hydroxyl groups is 1. The van der Waals surface area contributed by atoms with Crippen LogP contribution in [0.25, 0.3) is 0 Å². The normalized spacial score (nSPS) is 10.8. The van der Waals surface area contributed by atoms with E-state index in [1.165, 1.54) is 12.3 Å². The molecule has 0 unspecified atom stereocenters. The maximum Gasteiger partial charge on any atom is 0.407 e. The van der Waals surface area contributed by atoms with Crippen LogP contribution in [0.15, 0.2) is 176 Å². The molecule has 7 rings (SSSR count). The molecule has 0 saturated heterocycles. The largest absolute Gasteiger partial charge is 0.506 e. The van der Waals surface area contributed by atoms with Crippen LogP contribution in [0.3, 0.4) is 0 Å². The molecular weight excluding hydrogens is 735 g/mol. The SMILES string of the molecule is C[C@@H](COc1ccc(Oc2ccc(OCc3ccccc3)cc2)nc1)NC(=O)OCc1ccccc1.Oc1ccc(Oc2ccc(OCc3ccccc3)cc2)nc1. The van der Waals surface area contributed by atoms with Crippen molar-refractivity contribution in [2.24, 2.45) is 0 Å². The summed E-state index contributed by atoms with van der Waals surface area (Å²) in [4.78, 5) is 20.2. The molecule has 11 nitrogen and oxygen atoms in total. The van der Waals surface area contributed by atoms with Crippen molar-refractivity contribution in [3.8, 4) is 46.3 Å². The van der Waals surface area contributed by atoms with Gasteiger partial charge in [-0.25, -0.2) is 14.8 Å². The Hall–Kier alpha value is -7.53. The molecule has 0 radical (unpaired) electrons. The van der Waals surface area contributed by atoms with Crippen LogP contribution >= 0.6 is 0 Å². The number of hydrogen-bond donors (Lipinski definition) is 2. The lowest BCUT2D eigenvalue weighted by Gasteiger charge is -2.15. The smallest absolute Gasteiger partial charge is 0.407 e. The van der Waals surface area contributed by atoms with E-state index < -0.39 is 6.09 Å². The van der Waals surface area contributed by atoms with Crippen molar-refractivity contribution in [2.75, 3.05) is 6.61 Å². The van der Waals surface area contributed by atoms with E-state index in [0.717, 1.165) is 28.2 Å². The fourth-order valence-corrected chi connectivity index (χ4v) is 5.11. The van der Waals surface area contributed by atoms with Crippen LogP contribution in [0.2, 0.25) is 0 Å². The molecule has 0 aliphatic heterocycles. The third kappa shape index (κ3) is 14.0. The van der Waals surface area contributed by atoms with E-state index in [4.69, 9.17) is 28.4 Å². The molecule has 0 fully saturated rings. The number of ether oxygens (including phenoxy) is 6. The fourth-order valence-electron chi connectivity index (χ4n) is 5.11. The highest BCUT2D eigenvalue weighted by molar-refractivity contribution is 5.67. The quantitative estimate of drug-likeness (QED) is 0.0978. The Morgan fingerprint density at radius 1 is 0.517 bits per heavy atom. The van der Waals surface area contributed by atoms with E-state index in [9.17, 15) is 9.90 Å². The first-order chi connectivity index (χ1) is 28.4. The summed E-state index contributed by atoms with van der Waals surface area (Å²) in [5, 5.41) is 11.9. The molecule has 7 aromatic rings. The standard InChI is InChI=1S/C29H28N2O5.C18H15NO3/c1-22(31-29(32)35-21-24-10-6-3-7-11-24)19-33-27-16-17-28(30-18-27)36-26-14-12-25(13-15-26)34-20-23-8-4-2-5-9-23;20-15-6-11-18(19-12-15)22-17-9-7-16(8-10-17)21-13-14-4-2-1-3-5-14/h2-18,22H,19-21H2,1H3,(H,31,32);1-12,20H,13H2/t22-;/m0./s1. The summed E-state index contributed by atoms with van der Waals surface area (Å²) in [7, 11) is 0. The number of hydrogen-bond acceptors (Lipinski definition) is 10. The van der Waals surface area contributed by atoms with E-state index in [-0.39, 0.29) is 25.0 Å². The van der Waals surface area contributed by atoms with Gasteiger partial charge in [-0.3, -0.25) is 0 Å². The van der Waals surface area contributed by atoms with Crippen LogP contribution < -0.4 is 29.0 Å². The van der Waals surface area contributed by atoms with Crippen molar-refractivity contribution < 1.29 is 38.3 Å². The Bertz CT molecular complexity index is 2230. The lowest BCUT2D eigenvalue weighted by molar-refractivity contribution is 0.132. The Kier molecular flexibility index (Phi) is 14.9.